The van der Waals surface area contributed by atoms with Gasteiger partial charge in [-0.2, -0.15) is 0 Å². The topological polar surface area (TPSA) is 56.4 Å². The number of nitrogens with one attached hydrogen (secondary N) is 1. The van der Waals surface area contributed by atoms with E-state index >= 15 is 0 Å². The second-order valence-electron chi connectivity index (χ2n) is 7.29. The zero-order chi connectivity index (χ0) is 17.4. The van der Waals surface area contributed by atoms with E-state index in [2.05, 4.69) is 4.98 Å². The van der Waals surface area contributed by atoms with E-state index in [0.717, 1.165) is 54.5 Å². The van der Waals surface area contributed by atoms with Crippen LogP contribution in [0.2, 0.25) is 0 Å². The minimum Gasteiger partial charge on any atom is -0.358 e. The number of rotatable bonds is 2. The third-order valence-electron chi connectivity index (χ3n) is 5.60. The molecule has 1 atom stereocenters. The van der Waals surface area contributed by atoms with Crippen LogP contribution in [-0.4, -0.2) is 52.8 Å². The van der Waals surface area contributed by atoms with Gasteiger partial charge in [-0.05, 0) is 38.7 Å². The maximum Gasteiger partial charge on any atom is 0.256 e. The number of likely N-dealkylation sites (tertiary alicyclic amines) is 2. The Hall–Kier alpha value is -2.30. The highest BCUT2D eigenvalue weighted by atomic mass is 16.2. The molecule has 5 heteroatoms. The second-order valence-corrected chi connectivity index (χ2v) is 7.29. The molecule has 132 valence electrons. The molecule has 2 aliphatic rings. The first-order valence-corrected chi connectivity index (χ1v) is 9.30. The van der Waals surface area contributed by atoms with E-state index in [9.17, 15) is 9.59 Å². The Labute approximate surface area is 148 Å². The van der Waals surface area contributed by atoms with Crippen LogP contribution in [-0.2, 0) is 4.79 Å². The first kappa shape index (κ1) is 16.2. The summed E-state index contributed by atoms with van der Waals surface area (Å²) in [7, 11) is 0. The van der Waals surface area contributed by atoms with Gasteiger partial charge >= 0.3 is 0 Å². The molecule has 2 aliphatic heterocycles. The highest BCUT2D eigenvalue weighted by molar-refractivity contribution is 6.08. The lowest BCUT2D eigenvalue weighted by Crippen LogP contribution is -2.41. The summed E-state index contributed by atoms with van der Waals surface area (Å²) in [5.74, 6) is 0.252. The number of benzene rings is 1. The number of amides is 2. The van der Waals surface area contributed by atoms with Gasteiger partial charge in [-0.1, -0.05) is 18.2 Å². The molecule has 2 aromatic rings. The molecule has 1 aromatic carbocycles. The monoisotopic (exact) mass is 339 g/mol. The number of piperidine rings is 1. The number of aromatic nitrogens is 1. The van der Waals surface area contributed by atoms with Gasteiger partial charge in [-0.25, -0.2) is 0 Å². The molecular weight excluding hydrogens is 314 g/mol. The first-order chi connectivity index (χ1) is 12.1. The highest BCUT2D eigenvalue weighted by Gasteiger charge is 2.35. The molecule has 0 saturated carbocycles. The molecule has 0 spiro atoms. The van der Waals surface area contributed by atoms with Gasteiger partial charge in [0.05, 0.1) is 11.5 Å². The fourth-order valence-electron chi connectivity index (χ4n) is 4.23. The van der Waals surface area contributed by atoms with Gasteiger partial charge in [-0.3, -0.25) is 9.59 Å². The number of nitrogens with zero attached hydrogens (tertiary/aromatic N) is 2. The lowest BCUT2D eigenvalue weighted by atomic mass is 10.0. The molecule has 0 radical (unpaired) electrons. The Bertz CT molecular complexity index is 804. The van der Waals surface area contributed by atoms with Crippen molar-refractivity contribution in [2.45, 2.75) is 32.6 Å². The Kier molecular flexibility index (Phi) is 4.24. The van der Waals surface area contributed by atoms with Crippen molar-refractivity contribution in [1.29, 1.82) is 0 Å². The van der Waals surface area contributed by atoms with Crippen molar-refractivity contribution in [2.75, 3.05) is 26.2 Å². The Balaban J connectivity index is 1.50. The zero-order valence-electron chi connectivity index (χ0n) is 14.8. The number of hydrogen-bond acceptors (Lipinski definition) is 2. The molecule has 0 unspecified atom stereocenters. The molecule has 25 heavy (non-hydrogen) atoms. The average Bonchev–Trinajstić information content (AvgIpc) is 3.25. The van der Waals surface area contributed by atoms with Crippen LogP contribution in [0.4, 0.5) is 0 Å². The van der Waals surface area contributed by atoms with Crippen molar-refractivity contribution in [3.63, 3.8) is 0 Å². The summed E-state index contributed by atoms with van der Waals surface area (Å²) in [5.41, 5.74) is 2.64. The van der Waals surface area contributed by atoms with Crippen LogP contribution in [0.5, 0.6) is 0 Å². The summed E-state index contributed by atoms with van der Waals surface area (Å²) in [4.78, 5) is 32.9. The van der Waals surface area contributed by atoms with Gasteiger partial charge in [0.1, 0.15) is 0 Å². The van der Waals surface area contributed by atoms with Gasteiger partial charge < -0.3 is 14.8 Å². The quantitative estimate of drug-likeness (QED) is 0.914. The molecule has 1 N–H and O–H groups in total. The fraction of sp³-hybridized carbons (Fsp3) is 0.500. The van der Waals surface area contributed by atoms with E-state index in [1.807, 2.05) is 41.0 Å². The van der Waals surface area contributed by atoms with Gasteiger partial charge in [0.25, 0.3) is 5.91 Å². The van der Waals surface area contributed by atoms with Crippen molar-refractivity contribution in [2.24, 2.45) is 5.92 Å². The van der Waals surface area contributed by atoms with Crippen LogP contribution >= 0.6 is 0 Å². The normalized spacial score (nSPS) is 21.1. The number of fused-ring (bicyclic) bond motifs is 1. The van der Waals surface area contributed by atoms with E-state index in [1.165, 1.54) is 6.42 Å². The molecule has 2 amide bonds. The van der Waals surface area contributed by atoms with Gasteiger partial charge in [0.2, 0.25) is 5.91 Å². The number of hydrogen-bond donors (Lipinski definition) is 1. The standard InChI is InChI=1S/C20H25N3O2/c1-14-18(16-7-3-4-8-17(16)21-14)20(25)23-12-9-15(13-23)19(24)22-10-5-2-6-11-22/h3-4,7-8,15,21H,2,5-6,9-13H2,1H3/t15-/m1/s1. The molecule has 5 nitrogen and oxygen atoms in total. The fourth-order valence-corrected chi connectivity index (χ4v) is 4.23. The molecule has 4 rings (SSSR count). The summed E-state index contributed by atoms with van der Waals surface area (Å²) in [6.07, 6.45) is 4.21. The van der Waals surface area contributed by atoms with E-state index < -0.39 is 0 Å². The van der Waals surface area contributed by atoms with Gasteiger partial charge in [-0.15, -0.1) is 0 Å². The van der Waals surface area contributed by atoms with Gasteiger partial charge in [0.15, 0.2) is 0 Å². The van der Waals surface area contributed by atoms with Crippen molar-refractivity contribution in [1.82, 2.24) is 14.8 Å². The number of aromatic amines is 1. The van der Waals surface area contributed by atoms with E-state index in [-0.39, 0.29) is 17.7 Å². The third kappa shape index (κ3) is 2.92. The molecule has 2 saturated heterocycles. The minimum atomic E-state index is -0.0347. The highest BCUT2D eigenvalue weighted by Crippen LogP contribution is 2.27. The predicted molar refractivity (Wildman–Crippen MR) is 97.5 cm³/mol. The van der Waals surface area contributed by atoms with Crippen molar-refractivity contribution < 1.29 is 9.59 Å². The predicted octanol–water partition coefficient (Wildman–Crippen LogP) is 2.95. The maximum atomic E-state index is 13.1. The van der Waals surface area contributed by atoms with Gasteiger partial charge in [0, 0.05) is 42.8 Å². The van der Waals surface area contributed by atoms with Crippen LogP contribution in [0.3, 0.4) is 0 Å². The molecular formula is C20H25N3O2. The molecule has 2 fully saturated rings. The number of para-hydroxylation sites is 1. The van der Waals surface area contributed by atoms with Crippen LogP contribution in [0.15, 0.2) is 24.3 Å². The smallest absolute Gasteiger partial charge is 0.256 e. The number of H-pyrrole nitrogens is 1. The van der Waals surface area contributed by atoms with E-state index in [0.29, 0.717) is 13.1 Å². The SMILES string of the molecule is Cc1[nH]c2ccccc2c1C(=O)N1CC[C@@H](C(=O)N2CCCCC2)C1. The number of carbonyl (C=O) groups is 2. The summed E-state index contributed by atoms with van der Waals surface area (Å²) in [6.45, 7) is 4.92. The Morgan fingerprint density at radius 1 is 1.04 bits per heavy atom. The van der Waals surface area contributed by atoms with Crippen LogP contribution in [0.1, 0.15) is 41.7 Å². The summed E-state index contributed by atoms with van der Waals surface area (Å²) in [5, 5.41) is 0.968. The number of aryl methyl sites for hydroxylation is 1. The number of carbonyl (C=O) groups excluding carboxylic acids is 2. The van der Waals surface area contributed by atoms with Crippen LogP contribution < -0.4 is 0 Å². The largest absolute Gasteiger partial charge is 0.358 e. The van der Waals surface area contributed by atoms with Crippen molar-refractivity contribution in [3.8, 4) is 0 Å². The lowest BCUT2D eigenvalue weighted by molar-refractivity contribution is -0.135. The Morgan fingerprint density at radius 2 is 1.80 bits per heavy atom. The van der Waals surface area contributed by atoms with Crippen molar-refractivity contribution >= 4 is 22.7 Å². The first-order valence-electron chi connectivity index (χ1n) is 9.30. The summed E-state index contributed by atoms with van der Waals surface area (Å²) >= 11 is 0. The average molecular weight is 339 g/mol. The lowest BCUT2D eigenvalue weighted by Gasteiger charge is -2.29. The van der Waals surface area contributed by atoms with Crippen molar-refractivity contribution in [3.05, 3.63) is 35.5 Å². The summed E-state index contributed by atoms with van der Waals surface area (Å²) in [6, 6.07) is 7.90. The minimum absolute atomic E-state index is 0.0347. The summed E-state index contributed by atoms with van der Waals surface area (Å²) < 4.78 is 0. The van der Waals surface area contributed by atoms with Crippen LogP contribution in [0, 0.1) is 12.8 Å². The van der Waals surface area contributed by atoms with Crippen LogP contribution in [0.25, 0.3) is 10.9 Å². The Morgan fingerprint density at radius 3 is 2.60 bits per heavy atom. The molecule has 1 aromatic heterocycles. The maximum absolute atomic E-state index is 13.1. The van der Waals surface area contributed by atoms with E-state index in [1.54, 1.807) is 0 Å². The molecule has 3 heterocycles. The van der Waals surface area contributed by atoms with E-state index in [4.69, 9.17) is 0 Å². The second kappa shape index (κ2) is 6.54. The zero-order valence-corrected chi connectivity index (χ0v) is 14.8. The third-order valence-corrected chi connectivity index (χ3v) is 5.60. The molecule has 0 aliphatic carbocycles. The molecule has 0 bridgehead atoms.